The van der Waals surface area contributed by atoms with Gasteiger partial charge >= 0.3 is 0 Å². The van der Waals surface area contributed by atoms with Crippen LogP contribution in [0.3, 0.4) is 0 Å². The fourth-order valence-electron chi connectivity index (χ4n) is 2.29. The Morgan fingerprint density at radius 3 is 2.61 bits per heavy atom. The zero-order valence-electron chi connectivity index (χ0n) is 13.2. The van der Waals surface area contributed by atoms with Crippen molar-refractivity contribution in [1.29, 1.82) is 5.26 Å². The Balaban J connectivity index is 2.33. The van der Waals surface area contributed by atoms with Gasteiger partial charge in [0.1, 0.15) is 5.75 Å². The fourth-order valence-corrected chi connectivity index (χ4v) is 3.56. The van der Waals surface area contributed by atoms with Gasteiger partial charge in [-0.25, -0.2) is 13.1 Å². The van der Waals surface area contributed by atoms with Crippen LogP contribution in [0.4, 0.5) is 0 Å². The van der Waals surface area contributed by atoms with Crippen LogP contribution in [0.2, 0.25) is 0 Å². The summed E-state index contributed by atoms with van der Waals surface area (Å²) in [7, 11) is -2.19. The minimum absolute atomic E-state index is 0.0648. The van der Waals surface area contributed by atoms with Crippen molar-refractivity contribution in [1.82, 2.24) is 4.72 Å². The molecule has 0 amide bonds. The second-order valence-corrected chi connectivity index (χ2v) is 6.94. The quantitative estimate of drug-likeness (QED) is 0.914. The van der Waals surface area contributed by atoms with Crippen LogP contribution in [-0.4, -0.2) is 15.5 Å². The first-order chi connectivity index (χ1) is 10.9. The highest BCUT2D eigenvalue weighted by Gasteiger charge is 2.21. The third kappa shape index (κ3) is 3.89. The normalized spacial score (nSPS) is 12.4. The zero-order chi connectivity index (χ0) is 17.0. The van der Waals surface area contributed by atoms with E-state index in [4.69, 9.17) is 10.00 Å². The average Bonchev–Trinajstić information content (AvgIpc) is 2.54. The number of nitrogens with one attached hydrogen (secondary N) is 1. The molecule has 0 aromatic heterocycles. The lowest BCUT2D eigenvalue weighted by Crippen LogP contribution is -2.27. The summed E-state index contributed by atoms with van der Waals surface area (Å²) in [4.78, 5) is 0.0648. The van der Waals surface area contributed by atoms with Crippen LogP contribution in [0.25, 0.3) is 0 Å². The van der Waals surface area contributed by atoms with E-state index in [-0.39, 0.29) is 4.90 Å². The number of rotatable bonds is 5. The number of hydrogen-bond donors (Lipinski definition) is 1. The van der Waals surface area contributed by atoms with E-state index in [1.165, 1.54) is 12.1 Å². The van der Waals surface area contributed by atoms with Gasteiger partial charge in [0.05, 0.1) is 23.6 Å². The topological polar surface area (TPSA) is 79.2 Å². The first-order valence-electron chi connectivity index (χ1n) is 7.04. The van der Waals surface area contributed by atoms with Crippen molar-refractivity contribution in [3.63, 3.8) is 0 Å². The molecule has 0 bridgehead atoms. The van der Waals surface area contributed by atoms with Gasteiger partial charge < -0.3 is 4.74 Å². The molecule has 0 radical (unpaired) electrons. The predicted octanol–water partition coefficient (Wildman–Crippen LogP) is 2.91. The number of benzene rings is 2. The molecule has 0 fully saturated rings. The van der Waals surface area contributed by atoms with Crippen LogP contribution in [0.15, 0.2) is 47.4 Å². The number of nitrogens with zero attached hydrogens (tertiary/aromatic N) is 1. The Labute approximate surface area is 136 Å². The minimum atomic E-state index is -3.73. The molecule has 6 heteroatoms. The Morgan fingerprint density at radius 1 is 1.22 bits per heavy atom. The maximum Gasteiger partial charge on any atom is 0.241 e. The van der Waals surface area contributed by atoms with E-state index >= 15 is 0 Å². The van der Waals surface area contributed by atoms with E-state index < -0.39 is 16.1 Å². The molecule has 0 saturated heterocycles. The first-order valence-corrected chi connectivity index (χ1v) is 8.52. The summed E-state index contributed by atoms with van der Waals surface area (Å²) in [5, 5.41) is 8.90. The third-order valence-electron chi connectivity index (χ3n) is 3.46. The van der Waals surface area contributed by atoms with E-state index in [1.807, 2.05) is 31.2 Å². The SMILES string of the molecule is COc1ccc(C)cc1C(C)NS(=O)(=O)c1cccc(C#N)c1. The van der Waals surface area contributed by atoms with Gasteiger partial charge in [0, 0.05) is 11.6 Å². The lowest BCUT2D eigenvalue weighted by atomic mass is 10.1. The number of methoxy groups -OCH3 is 1. The van der Waals surface area contributed by atoms with Gasteiger partial charge in [-0.05, 0) is 38.1 Å². The first kappa shape index (κ1) is 17.0. The molecule has 120 valence electrons. The van der Waals surface area contributed by atoms with E-state index in [2.05, 4.69) is 4.72 Å². The average molecular weight is 330 g/mol. The second-order valence-electron chi connectivity index (χ2n) is 5.23. The largest absolute Gasteiger partial charge is 0.496 e. The maximum absolute atomic E-state index is 12.5. The minimum Gasteiger partial charge on any atom is -0.496 e. The number of hydrogen-bond acceptors (Lipinski definition) is 4. The summed E-state index contributed by atoms with van der Waals surface area (Å²) in [6, 6.07) is 13.0. The number of ether oxygens (including phenoxy) is 1. The molecule has 1 unspecified atom stereocenters. The Kier molecular flexibility index (Phi) is 5.04. The molecule has 23 heavy (non-hydrogen) atoms. The predicted molar refractivity (Wildman–Crippen MR) is 87.6 cm³/mol. The summed E-state index contributed by atoms with van der Waals surface area (Å²) >= 11 is 0. The smallest absolute Gasteiger partial charge is 0.241 e. The van der Waals surface area contributed by atoms with Crippen molar-refractivity contribution in [2.45, 2.75) is 24.8 Å². The van der Waals surface area contributed by atoms with Gasteiger partial charge in [-0.3, -0.25) is 0 Å². The third-order valence-corrected chi connectivity index (χ3v) is 5.00. The number of sulfonamides is 1. The summed E-state index contributed by atoms with van der Waals surface area (Å²) in [5.41, 5.74) is 2.07. The van der Waals surface area contributed by atoms with E-state index in [9.17, 15) is 8.42 Å². The van der Waals surface area contributed by atoms with Gasteiger partial charge in [-0.2, -0.15) is 5.26 Å². The highest BCUT2D eigenvalue weighted by molar-refractivity contribution is 7.89. The van der Waals surface area contributed by atoms with Gasteiger partial charge in [0.2, 0.25) is 10.0 Å². The lowest BCUT2D eigenvalue weighted by molar-refractivity contribution is 0.405. The second kappa shape index (κ2) is 6.82. The Bertz CT molecular complexity index is 854. The highest BCUT2D eigenvalue weighted by atomic mass is 32.2. The van der Waals surface area contributed by atoms with Crippen LogP contribution < -0.4 is 9.46 Å². The molecule has 0 saturated carbocycles. The number of aryl methyl sites for hydroxylation is 1. The van der Waals surface area contributed by atoms with Crippen LogP contribution in [-0.2, 0) is 10.0 Å². The van der Waals surface area contributed by atoms with Crippen LogP contribution >= 0.6 is 0 Å². The van der Waals surface area contributed by atoms with Crippen molar-refractivity contribution in [2.24, 2.45) is 0 Å². The van der Waals surface area contributed by atoms with Crippen molar-refractivity contribution in [3.05, 3.63) is 59.2 Å². The fraction of sp³-hybridized carbons (Fsp3) is 0.235. The molecule has 2 aromatic rings. The zero-order valence-corrected chi connectivity index (χ0v) is 14.0. The standard InChI is InChI=1S/C17H18N2O3S/c1-12-7-8-17(22-3)16(9-12)13(2)19-23(20,21)15-6-4-5-14(10-15)11-18/h4-10,13,19H,1-3H3. The molecule has 5 nitrogen and oxygen atoms in total. The molecule has 0 aliphatic carbocycles. The Hall–Kier alpha value is -2.36. The lowest BCUT2D eigenvalue weighted by Gasteiger charge is -2.18. The van der Waals surface area contributed by atoms with Crippen LogP contribution in [0, 0.1) is 18.3 Å². The van der Waals surface area contributed by atoms with E-state index in [0.29, 0.717) is 11.3 Å². The molecule has 0 aliphatic rings. The number of nitriles is 1. The maximum atomic E-state index is 12.5. The molecule has 1 N–H and O–H groups in total. The van der Waals surface area contributed by atoms with Gasteiger partial charge in [0.25, 0.3) is 0 Å². The van der Waals surface area contributed by atoms with Crippen molar-refractivity contribution < 1.29 is 13.2 Å². The molecule has 2 rings (SSSR count). The molecule has 0 spiro atoms. The van der Waals surface area contributed by atoms with Gasteiger partial charge in [-0.1, -0.05) is 23.8 Å². The van der Waals surface area contributed by atoms with E-state index in [1.54, 1.807) is 26.2 Å². The van der Waals surface area contributed by atoms with Gasteiger partial charge in [0.15, 0.2) is 0 Å². The molecular formula is C17H18N2O3S. The molecule has 1 atom stereocenters. The van der Waals surface area contributed by atoms with Crippen molar-refractivity contribution in [2.75, 3.05) is 7.11 Å². The summed E-state index contributed by atoms with van der Waals surface area (Å²) in [5.74, 6) is 0.622. The van der Waals surface area contributed by atoms with Crippen LogP contribution in [0.1, 0.15) is 29.7 Å². The van der Waals surface area contributed by atoms with Crippen molar-refractivity contribution in [3.8, 4) is 11.8 Å². The highest BCUT2D eigenvalue weighted by Crippen LogP contribution is 2.27. The Morgan fingerprint density at radius 2 is 1.96 bits per heavy atom. The molecule has 2 aromatic carbocycles. The summed E-state index contributed by atoms with van der Waals surface area (Å²) in [6.45, 7) is 3.68. The van der Waals surface area contributed by atoms with E-state index in [0.717, 1.165) is 11.1 Å². The molecule has 0 heterocycles. The van der Waals surface area contributed by atoms with Crippen LogP contribution in [0.5, 0.6) is 5.75 Å². The monoisotopic (exact) mass is 330 g/mol. The summed E-state index contributed by atoms with van der Waals surface area (Å²) < 4.78 is 32.9. The molecular weight excluding hydrogens is 312 g/mol. The van der Waals surface area contributed by atoms with Gasteiger partial charge in [-0.15, -0.1) is 0 Å². The summed E-state index contributed by atoms with van der Waals surface area (Å²) in [6.07, 6.45) is 0. The molecule has 0 aliphatic heterocycles. The van der Waals surface area contributed by atoms with Crippen molar-refractivity contribution >= 4 is 10.0 Å².